The minimum absolute atomic E-state index is 0.189. The Morgan fingerprint density at radius 2 is 2.25 bits per heavy atom. The van der Waals surface area contributed by atoms with Crippen molar-refractivity contribution in [2.45, 2.75) is 57.4 Å². The number of rotatable bonds is 5. The normalized spacial score (nSPS) is 26.4. The molecule has 0 aromatic carbocycles. The third-order valence-electron chi connectivity index (χ3n) is 4.37. The van der Waals surface area contributed by atoms with Crippen molar-refractivity contribution < 1.29 is 9.53 Å². The maximum Gasteiger partial charge on any atom is 0.305 e. The largest absolute Gasteiger partial charge is 0.469 e. The van der Waals surface area contributed by atoms with Crippen LogP contribution in [0.3, 0.4) is 0 Å². The molecular formula is C15H24N2O2S. The van der Waals surface area contributed by atoms with E-state index < -0.39 is 0 Å². The first kappa shape index (κ1) is 15.4. The molecule has 1 fully saturated rings. The van der Waals surface area contributed by atoms with E-state index in [0.717, 1.165) is 29.5 Å². The second kappa shape index (κ2) is 6.68. The summed E-state index contributed by atoms with van der Waals surface area (Å²) in [5.41, 5.74) is 7.26. The molecule has 0 saturated heterocycles. The highest BCUT2D eigenvalue weighted by molar-refractivity contribution is 7.09. The molecule has 20 heavy (non-hydrogen) atoms. The van der Waals surface area contributed by atoms with Crippen LogP contribution in [-0.4, -0.2) is 18.1 Å². The number of ether oxygens (including phenoxy) is 1. The highest BCUT2D eigenvalue weighted by atomic mass is 32.1. The number of thiazole rings is 1. The molecule has 0 aliphatic heterocycles. The fourth-order valence-electron chi connectivity index (χ4n) is 2.80. The van der Waals surface area contributed by atoms with E-state index in [4.69, 9.17) is 5.73 Å². The van der Waals surface area contributed by atoms with Crippen molar-refractivity contribution in [3.05, 3.63) is 16.1 Å². The molecule has 0 amide bonds. The van der Waals surface area contributed by atoms with E-state index in [1.54, 1.807) is 11.3 Å². The fraction of sp³-hybridized carbons (Fsp3) is 0.733. The second-order valence-corrected chi connectivity index (χ2v) is 6.59. The van der Waals surface area contributed by atoms with Gasteiger partial charge in [0, 0.05) is 11.8 Å². The zero-order valence-electron chi connectivity index (χ0n) is 12.4. The summed E-state index contributed by atoms with van der Waals surface area (Å²) in [6, 6.07) is 0. The molecule has 2 N–H and O–H groups in total. The quantitative estimate of drug-likeness (QED) is 0.848. The van der Waals surface area contributed by atoms with Gasteiger partial charge in [-0.1, -0.05) is 13.3 Å². The number of aromatic nitrogens is 1. The van der Waals surface area contributed by atoms with Crippen LogP contribution in [-0.2, 0) is 21.5 Å². The Hall–Kier alpha value is -0.940. The van der Waals surface area contributed by atoms with Gasteiger partial charge in [-0.2, -0.15) is 0 Å². The Morgan fingerprint density at radius 3 is 2.85 bits per heavy atom. The maximum atomic E-state index is 11.2. The van der Waals surface area contributed by atoms with Gasteiger partial charge >= 0.3 is 5.97 Å². The molecule has 0 spiro atoms. The zero-order chi connectivity index (χ0) is 14.6. The van der Waals surface area contributed by atoms with Gasteiger partial charge in [-0.25, -0.2) is 4.98 Å². The molecule has 2 rings (SSSR count). The summed E-state index contributed by atoms with van der Waals surface area (Å²) in [6.45, 7) is 2.25. The van der Waals surface area contributed by atoms with Crippen molar-refractivity contribution in [2.24, 2.45) is 11.7 Å². The third kappa shape index (κ3) is 3.58. The van der Waals surface area contributed by atoms with Gasteiger partial charge in [-0.05, 0) is 31.6 Å². The summed E-state index contributed by atoms with van der Waals surface area (Å²) in [6.07, 6.45) is 6.71. The van der Waals surface area contributed by atoms with E-state index in [-0.39, 0.29) is 11.5 Å². The first-order chi connectivity index (χ1) is 9.57. The van der Waals surface area contributed by atoms with Gasteiger partial charge in [0.2, 0.25) is 0 Å². The minimum atomic E-state index is -0.250. The Balaban J connectivity index is 1.96. The molecule has 0 bridgehead atoms. The lowest BCUT2D eigenvalue weighted by molar-refractivity contribution is -0.140. The van der Waals surface area contributed by atoms with Crippen LogP contribution in [0.15, 0.2) is 5.38 Å². The Morgan fingerprint density at radius 1 is 1.55 bits per heavy atom. The van der Waals surface area contributed by atoms with Crippen LogP contribution in [0.1, 0.15) is 56.2 Å². The van der Waals surface area contributed by atoms with E-state index in [1.165, 1.54) is 26.4 Å². The molecular weight excluding hydrogens is 272 g/mol. The molecule has 4 nitrogen and oxygen atoms in total. The molecule has 1 aromatic rings. The van der Waals surface area contributed by atoms with Crippen molar-refractivity contribution in [1.29, 1.82) is 0 Å². The molecule has 5 heteroatoms. The average molecular weight is 296 g/mol. The standard InChI is InChI=1S/C15H24N2O2S/c1-3-11-6-8-15(16,9-7-11)14-17-12(10-20-14)4-5-13(18)19-2/h10-11H,3-9,16H2,1-2H3. The van der Waals surface area contributed by atoms with Crippen molar-refractivity contribution in [3.8, 4) is 0 Å². The SMILES string of the molecule is CCC1CCC(N)(c2nc(CCC(=O)OC)cs2)CC1. The third-order valence-corrected chi connectivity index (χ3v) is 5.48. The van der Waals surface area contributed by atoms with E-state index in [0.29, 0.717) is 12.8 Å². The van der Waals surface area contributed by atoms with Crippen LogP contribution in [0.5, 0.6) is 0 Å². The Labute approximate surface area is 124 Å². The molecule has 0 unspecified atom stereocenters. The number of hydrogen-bond acceptors (Lipinski definition) is 5. The van der Waals surface area contributed by atoms with Gasteiger partial charge in [-0.15, -0.1) is 11.3 Å². The van der Waals surface area contributed by atoms with E-state index >= 15 is 0 Å². The Kier molecular flexibility index (Phi) is 5.16. The number of nitrogens with two attached hydrogens (primary N) is 1. The monoisotopic (exact) mass is 296 g/mol. The number of esters is 1. The van der Waals surface area contributed by atoms with Crippen LogP contribution >= 0.6 is 11.3 Å². The molecule has 112 valence electrons. The number of carbonyl (C=O) groups is 1. The molecule has 1 saturated carbocycles. The minimum Gasteiger partial charge on any atom is -0.469 e. The molecule has 1 heterocycles. The molecule has 1 aliphatic carbocycles. The number of nitrogens with zero attached hydrogens (tertiary/aromatic N) is 1. The van der Waals surface area contributed by atoms with Crippen LogP contribution in [0.25, 0.3) is 0 Å². The summed E-state index contributed by atoms with van der Waals surface area (Å²) >= 11 is 1.63. The van der Waals surface area contributed by atoms with Crippen molar-refractivity contribution in [2.75, 3.05) is 7.11 Å². The summed E-state index contributed by atoms with van der Waals surface area (Å²) < 4.78 is 4.65. The van der Waals surface area contributed by atoms with Gasteiger partial charge in [0.1, 0.15) is 5.01 Å². The van der Waals surface area contributed by atoms with Crippen LogP contribution in [0, 0.1) is 5.92 Å². The first-order valence-corrected chi connectivity index (χ1v) is 8.26. The van der Waals surface area contributed by atoms with Gasteiger partial charge in [0.15, 0.2) is 0 Å². The number of aryl methyl sites for hydroxylation is 1. The maximum absolute atomic E-state index is 11.2. The Bertz CT molecular complexity index is 450. The topological polar surface area (TPSA) is 65.2 Å². The van der Waals surface area contributed by atoms with Crippen LogP contribution in [0.4, 0.5) is 0 Å². The lowest BCUT2D eigenvalue weighted by Gasteiger charge is -2.35. The molecule has 0 atom stereocenters. The van der Waals surface area contributed by atoms with Crippen LogP contribution < -0.4 is 5.73 Å². The predicted molar refractivity (Wildman–Crippen MR) is 80.6 cm³/mol. The number of hydrogen-bond donors (Lipinski definition) is 1. The van der Waals surface area contributed by atoms with Crippen molar-refractivity contribution >= 4 is 17.3 Å². The summed E-state index contributed by atoms with van der Waals surface area (Å²) in [7, 11) is 1.41. The summed E-state index contributed by atoms with van der Waals surface area (Å²) in [4.78, 5) is 15.8. The van der Waals surface area contributed by atoms with Crippen molar-refractivity contribution in [3.63, 3.8) is 0 Å². The average Bonchev–Trinajstić information content (AvgIpc) is 2.95. The van der Waals surface area contributed by atoms with Gasteiger partial charge in [0.05, 0.1) is 24.8 Å². The van der Waals surface area contributed by atoms with Gasteiger partial charge < -0.3 is 10.5 Å². The number of carbonyl (C=O) groups excluding carboxylic acids is 1. The van der Waals surface area contributed by atoms with Crippen molar-refractivity contribution in [1.82, 2.24) is 4.98 Å². The van der Waals surface area contributed by atoms with Gasteiger partial charge in [-0.3, -0.25) is 4.79 Å². The zero-order valence-corrected chi connectivity index (χ0v) is 13.2. The van der Waals surface area contributed by atoms with E-state index in [1.807, 2.05) is 5.38 Å². The predicted octanol–water partition coefficient (Wildman–Crippen LogP) is 3.00. The first-order valence-electron chi connectivity index (χ1n) is 7.38. The van der Waals surface area contributed by atoms with E-state index in [9.17, 15) is 4.79 Å². The van der Waals surface area contributed by atoms with Crippen LogP contribution in [0.2, 0.25) is 0 Å². The number of methoxy groups -OCH3 is 1. The summed E-state index contributed by atoms with van der Waals surface area (Å²) in [5.74, 6) is 0.635. The highest BCUT2D eigenvalue weighted by Crippen LogP contribution is 2.39. The lowest BCUT2D eigenvalue weighted by Crippen LogP contribution is -2.40. The smallest absolute Gasteiger partial charge is 0.305 e. The molecule has 1 aliphatic rings. The second-order valence-electron chi connectivity index (χ2n) is 5.73. The molecule has 0 radical (unpaired) electrons. The van der Waals surface area contributed by atoms with Gasteiger partial charge in [0.25, 0.3) is 0 Å². The lowest BCUT2D eigenvalue weighted by atomic mass is 9.76. The summed E-state index contributed by atoms with van der Waals surface area (Å²) in [5, 5.41) is 3.06. The highest BCUT2D eigenvalue weighted by Gasteiger charge is 2.35. The molecule has 1 aromatic heterocycles. The fourth-order valence-corrected chi connectivity index (χ4v) is 3.82. The van der Waals surface area contributed by atoms with E-state index in [2.05, 4.69) is 16.6 Å².